The highest BCUT2D eigenvalue weighted by Gasteiger charge is 2.15. The van der Waals surface area contributed by atoms with E-state index in [0.717, 1.165) is 17.2 Å². The Kier molecular flexibility index (Phi) is 3.70. The molecule has 0 aliphatic rings. The molecule has 3 N–H and O–H groups in total. The van der Waals surface area contributed by atoms with Gasteiger partial charge in [-0.3, -0.25) is 4.79 Å². The van der Waals surface area contributed by atoms with E-state index >= 15 is 0 Å². The predicted molar refractivity (Wildman–Crippen MR) is 74.6 cm³/mol. The van der Waals surface area contributed by atoms with Gasteiger partial charge in [-0.05, 0) is 31.5 Å². The number of carbonyl (C=O) groups excluding carboxylic acids is 1. The SMILES string of the molecule is Cc1ccc(C(=O)Nc2c(N)cc(F)cc2F)c(C)c1. The van der Waals surface area contributed by atoms with Gasteiger partial charge in [0.25, 0.3) is 5.91 Å². The fraction of sp³-hybridized carbons (Fsp3) is 0.133. The molecule has 0 atom stereocenters. The minimum absolute atomic E-state index is 0.152. The molecule has 0 fully saturated rings. The number of benzene rings is 2. The smallest absolute Gasteiger partial charge is 0.256 e. The highest BCUT2D eigenvalue weighted by molar-refractivity contribution is 6.06. The number of carbonyl (C=O) groups is 1. The van der Waals surface area contributed by atoms with Crippen molar-refractivity contribution in [3.05, 3.63) is 58.7 Å². The maximum atomic E-state index is 13.6. The van der Waals surface area contributed by atoms with E-state index in [1.165, 1.54) is 0 Å². The summed E-state index contributed by atoms with van der Waals surface area (Å²) in [6.45, 7) is 3.69. The van der Waals surface area contributed by atoms with E-state index in [4.69, 9.17) is 5.73 Å². The van der Waals surface area contributed by atoms with Crippen molar-refractivity contribution in [2.45, 2.75) is 13.8 Å². The van der Waals surface area contributed by atoms with Crippen LogP contribution in [0.1, 0.15) is 21.5 Å². The van der Waals surface area contributed by atoms with E-state index in [9.17, 15) is 13.6 Å². The third-order valence-electron chi connectivity index (χ3n) is 2.95. The number of nitrogens with two attached hydrogens (primary N) is 1. The molecular formula is C15H14F2N2O. The van der Waals surface area contributed by atoms with Gasteiger partial charge in [-0.15, -0.1) is 0 Å². The molecular weight excluding hydrogens is 262 g/mol. The minimum atomic E-state index is -0.902. The minimum Gasteiger partial charge on any atom is -0.397 e. The van der Waals surface area contributed by atoms with Crippen molar-refractivity contribution in [2.24, 2.45) is 0 Å². The molecule has 3 nitrogen and oxygen atoms in total. The Morgan fingerprint density at radius 1 is 1.15 bits per heavy atom. The number of rotatable bonds is 2. The summed E-state index contributed by atoms with van der Waals surface area (Å²) < 4.78 is 26.6. The molecule has 0 radical (unpaired) electrons. The van der Waals surface area contributed by atoms with E-state index in [0.29, 0.717) is 11.6 Å². The number of anilines is 2. The van der Waals surface area contributed by atoms with Crippen LogP contribution in [0.3, 0.4) is 0 Å². The molecule has 0 bridgehead atoms. The van der Waals surface area contributed by atoms with Crippen LogP contribution < -0.4 is 11.1 Å². The van der Waals surface area contributed by atoms with Gasteiger partial charge in [0, 0.05) is 11.6 Å². The molecule has 0 aliphatic heterocycles. The molecule has 0 spiro atoms. The largest absolute Gasteiger partial charge is 0.397 e. The second-order valence-corrected chi connectivity index (χ2v) is 4.62. The Labute approximate surface area is 115 Å². The van der Waals surface area contributed by atoms with Gasteiger partial charge < -0.3 is 11.1 Å². The third-order valence-corrected chi connectivity index (χ3v) is 2.95. The second kappa shape index (κ2) is 5.28. The molecule has 1 amide bonds. The fourth-order valence-corrected chi connectivity index (χ4v) is 1.97. The Morgan fingerprint density at radius 3 is 2.45 bits per heavy atom. The lowest BCUT2D eigenvalue weighted by molar-refractivity contribution is 0.102. The molecule has 0 heterocycles. The van der Waals surface area contributed by atoms with E-state index in [1.807, 2.05) is 13.0 Å². The first-order chi connectivity index (χ1) is 9.38. The summed E-state index contributed by atoms with van der Waals surface area (Å²) in [4.78, 5) is 12.1. The zero-order valence-electron chi connectivity index (χ0n) is 11.1. The third kappa shape index (κ3) is 2.77. The first-order valence-electron chi connectivity index (χ1n) is 6.01. The van der Waals surface area contributed by atoms with E-state index in [2.05, 4.69) is 5.32 Å². The molecule has 0 saturated carbocycles. The lowest BCUT2D eigenvalue weighted by Gasteiger charge is -2.11. The number of halogens is 2. The monoisotopic (exact) mass is 276 g/mol. The van der Waals surface area contributed by atoms with Gasteiger partial charge in [-0.1, -0.05) is 17.7 Å². The Morgan fingerprint density at radius 2 is 1.85 bits per heavy atom. The van der Waals surface area contributed by atoms with Crippen molar-refractivity contribution in [2.75, 3.05) is 11.1 Å². The maximum absolute atomic E-state index is 13.6. The van der Waals surface area contributed by atoms with E-state index in [1.54, 1.807) is 19.1 Å². The maximum Gasteiger partial charge on any atom is 0.256 e. The summed E-state index contributed by atoms with van der Waals surface area (Å²) >= 11 is 0. The molecule has 0 saturated heterocycles. The highest BCUT2D eigenvalue weighted by atomic mass is 19.1. The topological polar surface area (TPSA) is 55.1 Å². The molecule has 20 heavy (non-hydrogen) atoms. The molecule has 0 aromatic heterocycles. The summed E-state index contributed by atoms with van der Waals surface area (Å²) in [5, 5.41) is 2.38. The number of aryl methyl sites for hydroxylation is 2. The Balaban J connectivity index is 2.33. The van der Waals surface area contributed by atoms with Crippen molar-refractivity contribution < 1.29 is 13.6 Å². The molecule has 0 unspecified atom stereocenters. The lowest BCUT2D eigenvalue weighted by atomic mass is 10.1. The van der Waals surface area contributed by atoms with Gasteiger partial charge in [0.1, 0.15) is 11.5 Å². The standard InChI is InChI=1S/C15H14F2N2O/c1-8-3-4-11(9(2)5-8)15(20)19-14-12(17)6-10(16)7-13(14)18/h3-7H,18H2,1-2H3,(H,19,20). The molecule has 104 valence electrons. The van der Waals surface area contributed by atoms with E-state index < -0.39 is 17.5 Å². The summed E-state index contributed by atoms with van der Waals surface area (Å²) in [7, 11) is 0. The van der Waals surface area contributed by atoms with Gasteiger partial charge in [0.15, 0.2) is 5.82 Å². The first kappa shape index (κ1) is 14.0. The summed E-state index contributed by atoms with van der Waals surface area (Å²) in [6, 6.07) is 6.91. The predicted octanol–water partition coefficient (Wildman–Crippen LogP) is 3.42. The number of hydrogen-bond acceptors (Lipinski definition) is 2. The molecule has 5 heteroatoms. The van der Waals surface area contributed by atoms with Crippen molar-refractivity contribution in [3.8, 4) is 0 Å². The van der Waals surface area contributed by atoms with Gasteiger partial charge in [-0.25, -0.2) is 8.78 Å². The fourth-order valence-electron chi connectivity index (χ4n) is 1.97. The summed E-state index contributed by atoms with van der Waals surface area (Å²) in [5.74, 6) is -2.18. The van der Waals surface area contributed by atoms with Crippen molar-refractivity contribution in [1.82, 2.24) is 0 Å². The first-order valence-corrected chi connectivity index (χ1v) is 6.01. The van der Waals surface area contributed by atoms with Gasteiger partial charge in [0.05, 0.1) is 5.69 Å². The second-order valence-electron chi connectivity index (χ2n) is 4.62. The van der Waals surface area contributed by atoms with Crippen LogP contribution in [0.5, 0.6) is 0 Å². The van der Waals surface area contributed by atoms with Crippen LogP contribution in [0.4, 0.5) is 20.2 Å². The lowest BCUT2D eigenvalue weighted by Crippen LogP contribution is -2.16. The molecule has 2 aromatic carbocycles. The molecule has 2 rings (SSSR count). The van der Waals surface area contributed by atoms with Crippen molar-refractivity contribution in [3.63, 3.8) is 0 Å². The quantitative estimate of drug-likeness (QED) is 0.826. The van der Waals surface area contributed by atoms with Gasteiger partial charge in [0.2, 0.25) is 0 Å². The molecule has 2 aromatic rings. The normalized spacial score (nSPS) is 10.4. The summed E-state index contributed by atoms with van der Waals surface area (Å²) in [5.41, 5.74) is 7.35. The van der Waals surface area contributed by atoms with Crippen molar-refractivity contribution in [1.29, 1.82) is 0 Å². The van der Waals surface area contributed by atoms with Crippen LogP contribution in [0, 0.1) is 25.5 Å². The van der Waals surface area contributed by atoms with Crippen LogP contribution in [-0.4, -0.2) is 5.91 Å². The highest BCUT2D eigenvalue weighted by Crippen LogP contribution is 2.25. The van der Waals surface area contributed by atoms with Crippen LogP contribution in [-0.2, 0) is 0 Å². The van der Waals surface area contributed by atoms with Gasteiger partial charge in [-0.2, -0.15) is 0 Å². The zero-order valence-corrected chi connectivity index (χ0v) is 11.1. The average molecular weight is 276 g/mol. The Bertz CT molecular complexity index is 661. The average Bonchev–Trinajstić information content (AvgIpc) is 2.33. The number of hydrogen-bond donors (Lipinski definition) is 2. The Hall–Kier alpha value is -2.43. The van der Waals surface area contributed by atoms with E-state index in [-0.39, 0.29) is 11.4 Å². The number of nitrogens with one attached hydrogen (secondary N) is 1. The van der Waals surface area contributed by atoms with Crippen LogP contribution in [0.25, 0.3) is 0 Å². The van der Waals surface area contributed by atoms with Crippen molar-refractivity contribution >= 4 is 17.3 Å². The van der Waals surface area contributed by atoms with Crippen LogP contribution in [0.15, 0.2) is 30.3 Å². The van der Waals surface area contributed by atoms with Gasteiger partial charge >= 0.3 is 0 Å². The van der Waals surface area contributed by atoms with Crippen LogP contribution >= 0.6 is 0 Å². The number of nitrogen functional groups attached to an aromatic ring is 1. The number of amides is 1. The molecule has 0 aliphatic carbocycles. The van der Waals surface area contributed by atoms with Crippen LogP contribution in [0.2, 0.25) is 0 Å². The zero-order chi connectivity index (χ0) is 14.9. The summed E-state index contributed by atoms with van der Waals surface area (Å²) in [6.07, 6.45) is 0.